The first-order valence-electron chi connectivity index (χ1n) is 6.07. The molecule has 0 saturated carbocycles. The molecule has 0 radical (unpaired) electrons. The van der Waals surface area contributed by atoms with Gasteiger partial charge in [-0.3, -0.25) is 4.79 Å². The Hall–Kier alpha value is -1.42. The maximum atomic E-state index is 11.2. The number of aromatic nitrogens is 1. The van der Waals surface area contributed by atoms with Crippen LogP contribution in [0, 0.1) is 0 Å². The molecule has 2 heterocycles. The summed E-state index contributed by atoms with van der Waals surface area (Å²) in [5, 5.41) is 9.34. The molecule has 1 aromatic heterocycles. The number of carbonyl (C=O) groups is 1. The van der Waals surface area contributed by atoms with Gasteiger partial charge in [0.1, 0.15) is 5.82 Å². The van der Waals surface area contributed by atoms with E-state index in [1.54, 1.807) is 12.3 Å². The number of ketones is 1. The zero-order chi connectivity index (χ0) is 12.3. The number of rotatable bonds is 3. The third-order valence-electron chi connectivity index (χ3n) is 3.29. The Morgan fingerprint density at radius 2 is 2.35 bits per heavy atom. The molecule has 1 aliphatic heterocycles. The monoisotopic (exact) mass is 234 g/mol. The van der Waals surface area contributed by atoms with Gasteiger partial charge in [-0.2, -0.15) is 0 Å². The van der Waals surface area contributed by atoms with Crippen LogP contribution in [0.15, 0.2) is 18.3 Å². The summed E-state index contributed by atoms with van der Waals surface area (Å²) >= 11 is 0. The van der Waals surface area contributed by atoms with Gasteiger partial charge in [-0.25, -0.2) is 4.98 Å². The van der Waals surface area contributed by atoms with Gasteiger partial charge in [-0.1, -0.05) is 0 Å². The molecule has 1 fully saturated rings. The molecular formula is C13H18N2O2. The van der Waals surface area contributed by atoms with Crippen molar-refractivity contribution in [3.8, 4) is 0 Å². The molecule has 4 heteroatoms. The number of aliphatic hydroxyl groups excluding tert-OH is 1. The summed E-state index contributed by atoms with van der Waals surface area (Å²) in [5.41, 5.74) is 0.631. The number of nitrogens with zero attached hydrogens (tertiary/aromatic N) is 2. The second-order valence-electron chi connectivity index (χ2n) is 4.49. The molecule has 0 bridgehead atoms. The first-order chi connectivity index (χ1) is 8.22. The van der Waals surface area contributed by atoms with Gasteiger partial charge < -0.3 is 10.0 Å². The molecule has 4 nitrogen and oxygen atoms in total. The maximum Gasteiger partial charge on any atom is 0.161 e. The number of anilines is 1. The van der Waals surface area contributed by atoms with Crippen molar-refractivity contribution in [2.75, 3.05) is 18.1 Å². The van der Waals surface area contributed by atoms with Crippen LogP contribution in [-0.4, -0.2) is 35.1 Å². The molecule has 1 saturated heterocycles. The summed E-state index contributed by atoms with van der Waals surface area (Å²) in [7, 11) is 0. The number of hydrogen-bond acceptors (Lipinski definition) is 4. The Bertz CT molecular complexity index is 389. The van der Waals surface area contributed by atoms with Gasteiger partial charge in [0.2, 0.25) is 0 Å². The van der Waals surface area contributed by atoms with E-state index >= 15 is 0 Å². The molecular weight excluding hydrogens is 216 g/mol. The van der Waals surface area contributed by atoms with E-state index < -0.39 is 0 Å². The van der Waals surface area contributed by atoms with Crippen LogP contribution in [0.2, 0.25) is 0 Å². The molecule has 1 atom stereocenters. The molecule has 1 unspecified atom stereocenters. The van der Waals surface area contributed by atoms with Gasteiger partial charge in [0.05, 0.1) is 12.6 Å². The highest BCUT2D eigenvalue weighted by molar-refractivity contribution is 5.93. The minimum Gasteiger partial charge on any atom is -0.394 e. The Labute approximate surface area is 101 Å². The van der Waals surface area contributed by atoms with Gasteiger partial charge in [0.15, 0.2) is 5.78 Å². The number of Topliss-reactive ketones (excluding diaryl/α,β-unsaturated/α-hetero) is 1. The average molecular weight is 234 g/mol. The topological polar surface area (TPSA) is 53.4 Å². The Morgan fingerprint density at radius 3 is 2.94 bits per heavy atom. The van der Waals surface area contributed by atoms with Crippen molar-refractivity contribution in [2.24, 2.45) is 0 Å². The quantitative estimate of drug-likeness (QED) is 0.808. The Morgan fingerprint density at radius 1 is 1.53 bits per heavy atom. The van der Waals surface area contributed by atoms with Gasteiger partial charge in [0, 0.05) is 18.3 Å². The smallest absolute Gasteiger partial charge is 0.161 e. The molecule has 92 valence electrons. The zero-order valence-corrected chi connectivity index (χ0v) is 10.1. The van der Waals surface area contributed by atoms with Crippen LogP contribution < -0.4 is 4.90 Å². The molecule has 1 N–H and O–H groups in total. The molecule has 0 aromatic carbocycles. The normalized spacial score (nSPS) is 20.4. The zero-order valence-electron chi connectivity index (χ0n) is 10.1. The van der Waals surface area contributed by atoms with Crippen LogP contribution in [-0.2, 0) is 0 Å². The maximum absolute atomic E-state index is 11.2. The largest absolute Gasteiger partial charge is 0.394 e. The molecule has 0 aliphatic carbocycles. The van der Waals surface area contributed by atoms with Crippen LogP contribution in [0.25, 0.3) is 0 Å². The van der Waals surface area contributed by atoms with E-state index in [1.807, 2.05) is 6.07 Å². The van der Waals surface area contributed by atoms with Crippen LogP contribution >= 0.6 is 0 Å². The number of carbonyl (C=O) groups excluding carboxylic acids is 1. The first-order valence-corrected chi connectivity index (χ1v) is 6.07. The van der Waals surface area contributed by atoms with E-state index in [2.05, 4.69) is 9.88 Å². The van der Waals surface area contributed by atoms with E-state index in [9.17, 15) is 9.90 Å². The second kappa shape index (κ2) is 5.27. The van der Waals surface area contributed by atoms with Crippen molar-refractivity contribution in [1.82, 2.24) is 4.98 Å². The van der Waals surface area contributed by atoms with E-state index in [0.29, 0.717) is 5.56 Å². The lowest BCUT2D eigenvalue weighted by molar-refractivity contribution is 0.101. The lowest BCUT2D eigenvalue weighted by Crippen LogP contribution is -2.42. The van der Waals surface area contributed by atoms with Crippen LogP contribution in [0.1, 0.15) is 36.5 Å². The summed E-state index contributed by atoms with van der Waals surface area (Å²) < 4.78 is 0. The summed E-state index contributed by atoms with van der Waals surface area (Å²) in [6.07, 6.45) is 4.91. The van der Waals surface area contributed by atoms with Gasteiger partial charge in [-0.05, 0) is 38.3 Å². The van der Waals surface area contributed by atoms with Crippen LogP contribution in [0.5, 0.6) is 0 Å². The molecule has 0 spiro atoms. The summed E-state index contributed by atoms with van der Waals surface area (Å²) in [6, 6.07) is 3.83. The first kappa shape index (κ1) is 12.0. The highest BCUT2D eigenvalue weighted by Gasteiger charge is 2.22. The highest BCUT2D eigenvalue weighted by atomic mass is 16.3. The minimum atomic E-state index is 0.0291. The van der Waals surface area contributed by atoms with Crippen molar-refractivity contribution < 1.29 is 9.90 Å². The summed E-state index contributed by atoms with van der Waals surface area (Å²) in [6.45, 7) is 2.63. The van der Waals surface area contributed by atoms with E-state index in [-0.39, 0.29) is 18.4 Å². The summed E-state index contributed by atoms with van der Waals surface area (Å²) in [5.74, 6) is 0.884. The van der Waals surface area contributed by atoms with Crippen molar-refractivity contribution in [1.29, 1.82) is 0 Å². The van der Waals surface area contributed by atoms with Crippen LogP contribution in [0.3, 0.4) is 0 Å². The lowest BCUT2D eigenvalue weighted by atomic mass is 10.0. The predicted octanol–water partition coefficient (Wildman–Crippen LogP) is 1.64. The van der Waals surface area contributed by atoms with Gasteiger partial charge >= 0.3 is 0 Å². The summed E-state index contributed by atoms with van der Waals surface area (Å²) in [4.78, 5) is 17.6. The molecule has 0 amide bonds. The number of piperidine rings is 1. The Balaban J connectivity index is 2.17. The standard InChI is InChI=1S/C13H18N2O2/c1-10(17)11-5-6-13(14-8-11)15-7-3-2-4-12(15)9-16/h5-6,8,12,16H,2-4,7,9H2,1H3. The van der Waals surface area contributed by atoms with Crippen molar-refractivity contribution in [2.45, 2.75) is 32.2 Å². The predicted molar refractivity (Wildman–Crippen MR) is 66.3 cm³/mol. The fourth-order valence-corrected chi connectivity index (χ4v) is 2.26. The minimum absolute atomic E-state index is 0.0291. The van der Waals surface area contributed by atoms with E-state index in [0.717, 1.165) is 31.6 Å². The van der Waals surface area contributed by atoms with E-state index in [4.69, 9.17) is 0 Å². The number of hydrogen-bond donors (Lipinski definition) is 1. The third-order valence-corrected chi connectivity index (χ3v) is 3.29. The fourth-order valence-electron chi connectivity index (χ4n) is 2.26. The third kappa shape index (κ3) is 2.64. The van der Waals surface area contributed by atoms with Crippen molar-refractivity contribution in [3.05, 3.63) is 23.9 Å². The Kier molecular flexibility index (Phi) is 3.74. The highest BCUT2D eigenvalue weighted by Crippen LogP contribution is 2.22. The van der Waals surface area contributed by atoms with E-state index in [1.165, 1.54) is 6.92 Å². The lowest BCUT2D eigenvalue weighted by Gasteiger charge is -2.35. The SMILES string of the molecule is CC(=O)c1ccc(N2CCCCC2CO)nc1. The van der Waals surface area contributed by atoms with Gasteiger partial charge in [0.25, 0.3) is 0 Å². The average Bonchev–Trinajstić information content (AvgIpc) is 2.39. The fraction of sp³-hybridized carbons (Fsp3) is 0.538. The molecule has 1 aliphatic rings. The van der Waals surface area contributed by atoms with Crippen molar-refractivity contribution in [3.63, 3.8) is 0 Å². The van der Waals surface area contributed by atoms with Crippen molar-refractivity contribution >= 4 is 11.6 Å². The molecule has 2 rings (SSSR count). The molecule has 1 aromatic rings. The van der Waals surface area contributed by atoms with Gasteiger partial charge in [-0.15, -0.1) is 0 Å². The second-order valence-corrected chi connectivity index (χ2v) is 4.49. The number of pyridine rings is 1. The number of aliphatic hydroxyl groups is 1. The molecule has 17 heavy (non-hydrogen) atoms. The van der Waals surface area contributed by atoms with Crippen LogP contribution in [0.4, 0.5) is 5.82 Å².